The highest BCUT2D eigenvalue weighted by molar-refractivity contribution is 8.47. The number of hydrogen-bond acceptors (Lipinski definition) is 4. The molecule has 0 amide bonds. The molecule has 0 fully saturated rings. The van der Waals surface area contributed by atoms with E-state index in [4.69, 9.17) is 23.8 Å². The molecule has 0 N–H and O–H groups in total. The van der Waals surface area contributed by atoms with Crippen molar-refractivity contribution in [2.24, 2.45) is 0 Å². The van der Waals surface area contributed by atoms with Crippen molar-refractivity contribution in [1.29, 1.82) is 0 Å². The van der Waals surface area contributed by atoms with Gasteiger partial charge in [-0.1, -0.05) is 89.2 Å². The molecule has 22 heavy (non-hydrogen) atoms. The number of carbonyl (C=O) groups is 1. The summed E-state index contributed by atoms with van der Waals surface area (Å²) in [6, 6.07) is 0. The minimum Gasteiger partial charge on any atom is -0.280 e. The molecule has 0 heterocycles. The molecule has 1 unspecified atom stereocenters. The van der Waals surface area contributed by atoms with E-state index < -0.39 is 4.75 Å². The van der Waals surface area contributed by atoms with E-state index >= 15 is 0 Å². The third-order valence-corrected chi connectivity index (χ3v) is 6.93. The van der Waals surface area contributed by atoms with E-state index in [0.717, 1.165) is 3.53 Å². The van der Waals surface area contributed by atoms with Gasteiger partial charge in [-0.2, -0.15) is 0 Å². The average molecular weight is 383 g/mol. The van der Waals surface area contributed by atoms with Gasteiger partial charge in [-0.05, 0) is 31.9 Å². The van der Waals surface area contributed by atoms with E-state index in [2.05, 4.69) is 13.8 Å². The first kappa shape index (κ1) is 22.8. The van der Waals surface area contributed by atoms with Crippen LogP contribution >= 0.6 is 47.3 Å². The zero-order valence-electron chi connectivity index (χ0n) is 14.5. The van der Waals surface area contributed by atoms with Crippen LogP contribution in [0.15, 0.2) is 0 Å². The number of unbranched alkanes of at least 4 members (excludes halogenated alkanes) is 7. The maximum atomic E-state index is 11.3. The molecule has 0 aliphatic carbocycles. The maximum absolute atomic E-state index is 11.3. The highest BCUT2D eigenvalue weighted by Gasteiger charge is 2.28. The second kappa shape index (κ2) is 13.1. The lowest BCUT2D eigenvalue weighted by atomic mass is 10.1. The van der Waals surface area contributed by atoms with E-state index in [1.165, 1.54) is 69.5 Å². The number of halogens is 1. The van der Waals surface area contributed by atoms with Gasteiger partial charge < -0.3 is 0 Å². The molecule has 5 heteroatoms. The van der Waals surface area contributed by atoms with Crippen LogP contribution in [-0.2, 0) is 4.79 Å². The summed E-state index contributed by atoms with van der Waals surface area (Å²) in [5, 5.41) is 0.178. The monoisotopic (exact) mass is 382 g/mol. The van der Waals surface area contributed by atoms with Crippen LogP contribution in [-0.4, -0.2) is 18.8 Å². The molecule has 0 saturated heterocycles. The number of thioether (sulfide) groups is 2. The highest BCUT2D eigenvalue weighted by atomic mass is 35.5. The minimum absolute atomic E-state index is 0.337. The number of thiocarbonyl (C=S) groups is 1. The fraction of sp³-hybridized carbons (Fsp3) is 0.882. The van der Waals surface area contributed by atoms with Crippen molar-refractivity contribution in [2.45, 2.75) is 95.5 Å². The van der Waals surface area contributed by atoms with Gasteiger partial charge in [0.25, 0.3) is 0 Å². The van der Waals surface area contributed by atoms with Crippen LogP contribution in [0.3, 0.4) is 0 Å². The first-order chi connectivity index (χ1) is 10.3. The van der Waals surface area contributed by atoms with Crippen molar-refractivity contribution in [1.82, 2.24) is 0 Å². The summed E-state index contributed by atoms with van der Waals surface area (Å²) in [4.78, 5) is 11.3. The van der Waals surface area contributed by atoms with Crippen LogP contribution in [0.5, 0.6) is 0 Å². The molecule has 0 rings (SSSR count). The average Bonchev–Trinajstić information content (AvgIpc) is 2.40. The van der Waals surface area contributed by atoms with Gasteiger partial charge in [0, 0.05) is 5.25 Å². The van der Waals surface area contributed by atoms with E-state index in [1.54, 1.807) is 11.8 Å². The van der Waals surface area contributed by atoms with Crippen LogP contribution in [0.25, 0.3) is 0 Å². The van der Waals surface area contributed by atoms with Crippen LogP contribution in [0.2, 0.25) is 0 Å². The minimum atomic E-state index is -0.621. The van der Waals surface area contributed by atoms with Gasteiger partial charge in [-0.25, -0.2) is 0 Å². The van der Waals surface area contributed by atoms with Crippen LogP contribution in [0.4, 0.5) is 0 Å². The van der Waals surface area contributed by atoms with Crippen molar-refractivity contribution < 1.29 is 4.79 Å². The Morgan fingerprint density at radius 2 is 1.59 bits per heavy atom. The summed E-state index contributed by atoms with van der Waals surface area (Å²) in [7, 11) is 0. The van der Waals surface area contributed by atoms with Gasteiger partial charge in [0.05, 0.1) is 4.75 Å². The fourth-order valence-electron chi connectivity index (χ4n) is 2.06. The van der Waals surface area contributed by atoms with E-state index in [9.17, 15) is 4.79 Å². The first-order valence-corrected chi connectivity index (χ1v) is 10.9. The van der Waals surface area contributed by atoms with Gasteiger partial charge in [0.2, 0.25) is 5.24 Å². The summed E-state index contributed by atoms with van der Waals surface area (Å²) in [6.45, 7) is 8.12. The fourth-order valence-corrected chi connectivity index (χ4v) is 5.72. The van der Waals surface area contributed by atoms with E-state index in [-0.39, 0.29) is 5.24 Å². The number of carbonyl (C=O) groups excluding carboxylic acids is 1. The molecule has 0 aliphatic heterocycles. The van der Waals surface area contributed by atoms with Gasteiger partial charge in [0.15, 0.2) is 0 Å². The smallest absolute Gasteiger partial charge is 0.237 e. The molecule has 0 aliphatic rings. The zero-order chi connectivity index (χ0) is 17.0. The largest absolute Gasteiger partial charge is 0.280 e. The van der Waals surface area contributed by atoms with E-state index in [0.29, 0.717) is 5.25 Å². The van der Waals surface area contributed by atoms with Gasteiger partial charge in [-0.15, -0.1) is 11.8 Å². The second-order valence-corrected chi connectivity index (χ2v) is 10.9. The number of rotatable bonds is 12. The van der Waals surface area contributed by atoms with Crippen molar-refractivity contribution in [3.63, 3.8) is 0 Å². The van der Waals surface area contributed by atoms with Crippen LogP contribution in [0, 0.1) is 0 Å². The molecular formula is C17H31ClOS3. The molecule has 0 bridgehead atoms. The van der Waals surface area contributed by atoms with Gasteiger partial charge in [0.1, 0.15) is 3.53 Å². The molecule has 1 atom stereocenters. The van der Waals surface area contributed by atoms with Crippen molar-refractivity contribution in [3.05, 3.63) is 0 Å². The molecule has 130 valence electrons. The molecule has 1 nitrogen and oxygen atoms in total. The lowest BCUT2D eigenvalue weighted by Gasteiger charge is -2.20. The highest BCUT2D eigenvalue weighted by Crippen LogP contribution is 2.35. The Kier molecular flexibility index (Phi) is 13.5. The molecule has 0 saturated carbocycles. The van der Waals surface area contributed by atoms with Crippen LogP contribution < -0.4 is 0 Å². The Bertz CT molecular complexity index is 332. The topological polar surface area (TPSA) is 17.1 Å². The molecule has 0 radical (unpaired) electrons. The Labute approximate surface area is 156 Å². The SMILES string of the molecule is CCCCCCCCCCC(C)SC(=S)SC(C)(C)C(=O)Cl. The summed E-state index contributed by atoms with van der Waals surface area (Å²) >= 11 is 14.1. The van der Waals surface area contributed by atoms with Crippen molar-refractivity contribution in [3.8, 4) is 0 Å². The Balaban J connectivity index is 3.67. The normalized spacial score (nSPS) is 13.1. The Morgan fingerprint density at radius 3 is 2.09 bits per heavy atom. The standard InChI is InChI=1S/C17H31ClOS3/c1-5-6-7-8-9-10-11-12-13-14(2)21-16(20)22-17(3,4)15(18)19/h14H,5-13H2,1-4H3. The summed E-state index contributed by atoms with van der Waals surface area (Å²) in [5.41, 5.74) is 0. The molecule has 0 spiro atoms. The lowest BCUT2D eigenvalue weighted by Crippen LogP contribution is -2.24. The predicted molar refractivity (Wildman–Crippen MR) is 109 cm³/mol. The predicted octanol–water partition coefficient (Wildman–Crippen LogP) is 7.20. The molecular weight excluding hydrogens is 352 g/mol. The lowest BCUT2D eigenvalue weighted by molar-refractivity contribution is -0.113. The third-order valence-electron chi connectivity index (χ3n) is 3.57. The Hall–Kier alpha value is 0.750. The zero-order valence-corrected chi connectivity index (χ0v) is 17.7. The number of hydrogen-bond donors (Lipinski definition) is 0. The molecule has 0 aromatic rings. The van der Waals surface area contributed by atoms with Gasteiger partial charge in [-0.3, -0.25) is 4.79 Å². The third kappa shape index (κ3) is 12.2. The van der Waals surface area contributed by atoms with Crippen molar-refractivity contribution >= 4 is 56.1 Å². The Morgan fingerprint density at radius 1 is 1.09 bits per heavy atom. The summed E-state index contributed by atoms with van der Waals surface area (Å²) in [6.07, 6.45) is 12.0. The summed E-state index contributed by atoms with van der Waals surface area (Å²) in [5.74, 6) is 0. The van der Waals surface area contributed by atoms with Gasteiger partial charge >= 0.3 is 0 Å². The van der Waals surface area contributed by atoms with Crippen LogP contribution in [0.1, 0.15) is 85.5 Å². The summed E-state index contributed by atoms with van der Waals surface area (Å²) < 4.78 is 0.204. The first-order valence-electron chi connectivity index (χ1n) is 8.39. The van der Waals surface area contributed by atoms with Crippen molar-refractivity contribution in [2.75, 3.05) is 0 Å². The molecule has 0 aromatic heterocycles. The second-order valence-electron chi connectivity index (χ2n) is 6.33. The quantitative estimate of drug-likeness (QED) is 0.201. The molecule has 0 aromatic carbocycles. The maximum Gasteiger partial charge on any atom is 0.237 e. The van der Waals surface area contributed by atoms with E-state index in [1.807, 2.05) is 13.8 Å².